The number of phenols is 1. The van der Waals surface area contributed by atoms with Gasteiger partial charge in [0.25, 0.3) is 0 Å². The number of benzene rings is 2. The molecule has 0 spiro atoms. The van der Waals surface area contributed by atoms with E-state index in [-0.39, 0.29) is 16.4 Å². The van der Waals surface area contributed by atoms with Crippen LogP contribution in [-0.2, 0) is 4.79 Å². The largest absolute Gasteiger partial charge is 0.508 e. The van der Waals surface area contributed by atoms with Gasteiger partial charge in [-0.25, -0.2) is 4.79 Å². The molecule has 0 unspecified atom stereocenters. The summed E-state index contributed by atoms with van der Waals surface area (Å²) in [4.78, 5) is 24.9. The Hall–Kier alpha value is -3.44. The Morgan fingerprint density at radius 1 is 1.14 bits per heavy atom. The number of hydrogen-bond donors (Lipinski definition) is 4. The van der Waals surface area contributed by atoms with Crippen LogP contribution in [0.4, 0.5) is 10.5 Å². The Bertz CT molecular complexity index is 978. The van der Waals surface area contributed by atoms with Gasteiger partial charge in [0.2, 0.25) is 5.91 Å². The lowest BCUT2D eigenvalue weighted by Gasteiger charge is -2.19. The van der Waals surface area contributed by atoms with Crippen molar-refractivity contribution in [3.05, 3.63) is 70.3 Å². The normalized spacial score (nSPS) is 18.4. The highest BCUT2D eigenvalue weighted by atomic mass is 32.2. The molecule has 0 bridgehead atoms. The average molecular weight is 394 g/mol. The third-order valence-electron chi connectivity index (χ3n) is 4.31. The van der Waals surface area contributed by atoms with E-state index in [9.17, 15) is 20.0 Å². The van der Waals surface area contributed by atoms with Gasteiger partial charge in [0.05, 0.1) is 16.7 Å². The number of amides is 3. The minimum Gasteiger partial charge on any atom is -0.508 e. The van der Waals surface area contributed by atoms with E-state index in [0.29, 0.717) is 11.3 Å². The molecule has 2 aromatic carbocycles. The van der Waals surface area contributed by atoms with Crippen molar-refractivity contribution in [2.24, 2.45) is 5.73 Å². The van der Waals surface area contributed by atoms with Crippen molar-refractivity contribution in [3.8, 4) is 11.8 Å². The minimum absolute atomic E-state index is 0.0725. The van der Waals surface area contributed by atoms with Crippen molar-refractivity contribution >= 4 is 29.4 Å². The van der Waals surface area contributed by atoms with Gasteiger partial charge in [0.15, 0.2) is 0 Å². The molecule has 0 aromatic heterocycles. The number of anilines is 1. The molecule has 28 heavy (non-hydrogen) atoms. The maximum absolute atomic E-state index is 12.7. The molecule has 1 aliphatic heterocycles. The Balaban J connectivity index is 1.76. The zero-order valence-corrected chi connectivity index (χ0v) is 15.8. The predicted octanol–water partition coefficient (Wildman–Crippen LogP) is 2.94. The molecule has 2 atom stereocenters. The number of nitrogens with two attached hydrogens (primary N) is 1. The number of imide groups is 1. The summed E-state index contributed by atoms with van der Waals surface area (Å²) in [5, 5.41) is 23.3. The molecule has 0 aliphatic carbocycles. The number of urea groups is 1. The second kappa shape index (κ2) is 8.06. The number of carbonyl (C=O) groups excluding carboxylic acids is 2. The molecule has 7 nitrogen and oxygen atoms in total. The highest BCUT2D eigenvalue weighted by molar-refractivity contribution is 8.04. The van der Waals surface area contributed by atoms with Gasteiger partial charge >= 0.3 is 6.03 Å². The SMILES string of the molecule is Cc1ccc(NC(=O)NC(=O)[C@@H]2SC(N)=C(C#N)[C@H]2c2ccc(O)cc2)cc1. The van der Waals surface area contributed by atoms with E-state index in [1.54, 1.807) is 24.3 Å². The van der Waals surface area contributed by atoms with Crippen molar-refractivity contribution in [3.63, 3.8) is 0 Å². The number of rotatable bonds is 3. The molecule has 0 saturated carbocycles. The fraction of sp³-hybridized carbons (Fsp3) is 0.150. The first kappa shape index (κ1) is 19.3. The van der Waals surface area contributed by atoms with Crippen LogP contribution in [0.5, 0.6) is 5.75 Å². The predicted molar refractivity (Wildman–Crippen MR) is 107 cm³/mol. The van der Waals surface area contributed by atoms with Gasteiger partial charge in [-0.3, -0.25) is 10.1 Å². The molecule has 0 radical (unpaired) electrons. The maximum atomic E-state index is 12.7. The van der Waals surface area contributed by atoms with Crippen LogP contribution < -0.4 is 16.4 Å². The number of nitriles is 1. The molecule has 0 saturated heterocycles. The minimum atomic E-state index is -0.775. The van der Waals surface area contributed by atoms with Gasteiger partial charge in [-0.1, -0.05) is 41.6 Å². The van der Waals surface area contributed by atoms with Crippen LogP contribution >= 0.6 is 11.8 Å². The van der Waals surface area contributed by atoms with Crippen molar-refractivity contribution < 1.29 is 14.7 Å². The van der Waals surface area contributed by atoms with Gasteiger partial charge < -0.3 is 16.2 Å². The van der Waals surface area contributed by atoms with Crippen molar-refractivity contribution in [1.29, 1.82) is 5.26 Å². The molecular formula is C20H18N4O3S. The number of hydrogen-bond acceptors (Lipinski definition) is 6. The standard InChI is InChI=1S/C20H18N4O3S/c1-11-2-6-13(7-3-11)23-20(27)24-19(26)17-16(15(10-21)18(22)28-17)12-4-8-14(25)9-5-12/h2-9,16-17,25H,22H2,1H3,(H2,23,24,26,27)/t16-,17-/m1/s1. The first-order chi connectivity index (χ1) is 13.4. The third kappa shape index (κ3) is 4.10. The summed E-state index contributed by atoms with van der Waals surface area (Å²) in [6.07, 6.45) is 0. The number of nitrogens with one attached hydrogen (secondary N) is 2. The number of nitrogens with zero attached hydrogens (tertiary/aromatic N) is 1. The summed E-state index contributed by atoms with van der Waals surface area (Å²) in [5.41, 5.74) is 8.46. The summed E-state index contributed by atoms with van der Waals surface area (Å²) in [6.45, 7) is 1.93. The fourth-order valence-electron chi connectivity index (χ4n) is 2.91. The van der Waals surface area contributed by atoms with E-state index in [2.05, 4.69) is 16.7 Å². The number of aryl methyl sites for hydroxylation is 1. The van der Waals surface area contributed by atoms with Gasteiger partial charge in [-0.15, -0.1) is 0 Å². The zero-order valence-electron chi connectivity index (χ0n) is 15.0. The molecule has 1 aliphatic rings. The van der Waals surface area contributed by atoms with Gasteiger partial charge in [0.1, 0.15) is 11.0 Å². The number of aromatic hydroxyl groups is 1. The van der Waals surface area contributed by atoms with Crippen molar-refractivity contribution in [2.75, 3.05) is 5.32 Å². The van der Waals surface area contributed by atoms with Crippen molar-refractivity contribution in [1.82, 2.24) is 5.32 Å². The highest BCUT2D eigenvalue weighted by Gasteiger charge is 2.41. The lowest BCUT2D eigenvalue weighted by atomic mass is 9.88. The number of thioether (sulfide) groups is 1. The van der Waals surface area contributed by atoms with Crippen LogP contribution in [0.3, 0.4) is 0 Å². The topological polar surface area (TPSA) is 128 Å². The maximum Gasteiger partial charge on any atom is 0.325 e. The Labute approximate surface area is 166 Å². The van der Waals surface area contributed by atoms with Crippen LogP contribution in [0.1, 0.15) is 17.0 Å². The lowest BCUT2D eigenvalue weighted by Crippen LogP contribution is -2.41. The smallest absolute Gasteiger partial charge is 0.325 e. The van der Waals surface area contributed by atoms with Gasteiger partial charge in [-0.05, 0) is 36.8 Å². The Kier molecular flexibility index (Phi) is 5.57. The van der Waals surface area contributed by atoms with Gasteiger partial charge in [0, 0.05) is 11.6 Å². The molecule has 5 N–H and O–H groups in total. The van der Waals surface area contributed by atoms with E-state index in [1.807, 2.05) is 19.1 Å². The molecular weight excluding hydrogens is 376 g/mol. The lowest BCUT2D eigenvalue weighted by molar-refractivity contribution is -0.119. The monoisotopic (exact) mass is 394 g/mol. The summed E-state index contributed by atoms with van der Waals surface area (Å²) in [7, 11) is 0. The van der Waals surface area contributed by atoms with E-state index in [4.69, 9.17) is 5.73 Å². The van der Waals surface area contributed by atoms with Crippen LogP contribution in [0.15, 0.2) is 59.1 Å². The van der Waals surface area contributed by atoms with E-state index in [1.165, 1.54) is 12.1 Å². The summed E-state index contributed by atoms with van der Waals surface area (Å²) >= 11 is 1.04. The summed E-state index contributed by atoms with van der Waals surface area (Å²) in [6, 6.07) is 14.7. The quantitative estimate of drug-likeness (QED) is 0.634. The average Bonchev–Trinajstić information content (AvgIpc) is 3.00. The molecule has 8 heteroatoms. The van der Waals surface area contributed by atoms with Crippen LogP contribution in [0.2, 0.25) is 0 Å². The summed E-state index contributed by atoms with van der Waals surface area (Å²) in [5.74, 6) is -1.09. The van der Waals surface area contributed by atoms with Crippen LogP contribution in [0.25, 0.3) is 0 Å². The Morgan fingerprint density at radius 2 is 1.79 bits per heavy atom. The van der Waals surface area contributed by atoms with E-state index in [0.717, 1.165) is 17.3 Å². The third-order valence-corrected chi connectivity index (χ3v) is 5.52. The molecule has 2 aromatic rings. The van der Waals surface area contributed by atoms with Crippen LogP contribution in [0, 0.1) is 18.3 Å². The van der Waals surface area contributed by atoms with E-state index < -0.39 is 23.1 Å². The molecule has 0 fully saturated rings. The first-order valence-electron chi connectivity index (χ1n) is 8.43. The second-order valence-electron chi connectivity index (χ2n) is 6.31. The first-order valence-corrected chi connectivity index (χ1v) is 9.31. The van der Waals surface area contributed by atoms with Crippen LogP contribution in [-0.4, -0.2) is 22.3 Å². The fourth-order valence-corrected chi connectivity index (χ4v) is 4.08. The molecule has 3 amide bonds. The molecule has 3 rings (SSSR count). The highest BCUT2D eigenvalue weighted by Crippen LogP contribution is 2.45. The van der Waals surface area contributed by atoms with Gasteiger partial charge in [-0.2, -0.15) is 5.26 Å². The van der Waals surface area contributed by atoms with Crippen molar-refractivity contribution in [2.45, 2.75) is 18.1 Å². The molecule has 1 heterocycles. The zero-order chi connectivity index (χ0) is 20.3. The van der Waals surface area contributed by atoms with E-state index >= 15 is 0 Å². The Morgan fingerprint density at radius 3 is 2.39 bits per heavy atom. The number of carbonyl (C=O) groups is 2. The second-order valence-corrected chi connectivity index (χ2v) is 7.49. The summed E-state index contributed by atoms with van der Waals surface area (Å²) < 4.78 is 0. The number of allylic oxidation sites excluding steroid dienone is 1. The number of phenolic OH excluding ortho intramolecular Hbond substituents is 1. The molecule has 142 valence electrons.